The van der Waals surface area contributed by atoms with Crippen LogP contribution in [0.25, 0.3) is 11.4 Å². The van der Waals surface area contributed by atoms with Crippen LogP contribution in [0.4, 0.5) is 5.13 Å². The number of nitrogens with zero attached hydrogens (tertiary/aromatic N) is 2. The minimum atomic E-state index is 0.409. The van der Waals surface area contributed by atoms with Crippen molar-refractivity contribution in [1.29, 1.82) is 0 Å². The molecule has 0 aliphatic carbocycles. The maximum absolute atomic E-state index is 5.65. The molecule has 0 saturated heterocycles. The summed E-state index contributed by atoms with van der Waals surface area (Å²) in [4.78, 5) is 10.2. The van der Waals surface area contributed by atoms with Crippen LogP contribution in [0.2, 0.25) is 0 Å². The van der Waals surface area contributed by atoms with Crippen LogP contribution in [-0.4, -0.2) is 23.6 Å². The molecule has 0 amide bonds. The highest BCUT2D eigenvalue weighted by molar-refractivity contribution is 7.16. The van der Waals surface area contributed by atoms with Crippen LogP contribution >= 0.6 is 11.3 Å². The van der Waals surface area contributed by atoms with Gasteiger partial charge in [-0.15, -0.1) is 11.3 Å². The Hall–Kier alpha value is -1.46. The molecule has 0 bridgehead atoms. The molecule has 0 aromatic carbocycles. The van der Waals surface area contributed by atoms with Crippen molar-refractivity contribution in [3.8, 4) is 11.4 Å². The average Bonchev–Trinajstić information content (AvgIpc) is 2.84. The van der Waals surface area contributed by atoms with Crippen LogP contribution in [0.1, 0.15) is 24.1 Å². The first-order valence-corrected chi connectivity index (χ1v) is 6.87. The third-order valence-electron chi connectivity index (χ3n) is 2.82. The smallest absolute Gasteiger partial charge is 0.183 e. The molecule has 2 aromatic heterocycles. The molecule has 0 aliphatic rings. The van der Waals surface area contributed by atoms with Gasteiger partial charge in [-0.1, -0.05) is 13.0 Å². The second-order valence-corrected chi connectivity index (χ2v) is 5.21. The van der Waals surface area contributed by atoms with Gasteiger partial charge in [-0.2, -0.15) is 0 Å². The van der Waals surface area contributed by atoms with Crippen molar-refractivity contribution in [1.82, 2.24) is 9.97 Å². The fourth-order valence-corrected chi connectivity index (χ4v) is 2.85. The van der Waals surface area contributed by atoms with E-state index in [1.54, 1.807) is 17.5 Å². The Morgan fingerprint density at radius 3 is 2.89 bits per heavy atom. The second kappa shape index (κ2) is 5.93. The van der Waals surface area contributed by atoms with Gasteiger partial charge in [-0.05, 0) is 31.0 Å². The molecule has 1 unspecified atom stereocenters. The first-order valence-electron chi connectivity index (χ1n) is 6.06. The zero-order chi connectivity index (χ0) is 13.0. The fraction of sp³-hybridized carbons (Fsp3) is 0.385. The largest absolute Gasteiger partial charge is 0.365 e. The normalized spacial score (nSPS) is 12.4. The van der Waals surface area contributed by atoms with Gasteiger partial charge in [0.15, 0.2) is 5.13 Å². The van der Waals surface area contributed by atoms with E-state index in [1.807, 2.05) is 25.2 Å². The summed E-state index contributed by atoms with van der Waals surface area (Å²) >= 11 is 1.68. The predicted octanol–water partition coefficient (Wildman–Crippen LogP) is 2.70. The number of hydrogen-bond acceptors (Lipinski definition) is 5. The van der Waals surface area contributed by atoms with Gasteiger partial charge in [-0.3, -0.25) is 4.98 Å². The summed E-state index contributed by atoms with van der Waals surface area (Å²) in [5.41, 5.74) is 7.55. The Balaban J connectivity index is 2.42. The van der Waals surface area contributed by atoms with Gasteiger partial charge in [0.25, 0.3) is 0 Å². The Bertz CT molecular complexity index is 495. The molecular formula is C13H18N4S. The summed E-state index contributed by atoms with van der Waals surface area (Å²) in [6, 6.07) is 5.89. The summed E-state index contributed by atoms with van der Waals surface area (Å²) < 4.78 is 0. The monoisotopic (exact) mass is 262 g/mol. The molecule has 0 fully saturated rings. The maximum atomic E-state index is 5.65. The number of anilines is 1. The van der Waals surface area contributed by atoms with E-state index in [0.717, 1.165) is 22.9 Å². The Labute approximate surface area is 111 Å². The van der Waals surface area contributed by atoms with E-state index in [2.05, 4.69) is 22.2 Å². The Morgan fingerprint density at radius 1 is 1.44 bits per heavy atom. The number of hydrogen-bond donors (Lipinski definition) is 2. The standard InChI is InChI=1S/C13H18N4S/c1-9(6-7-14)12-11(17-13(15-2)18-12)10-5-3-4-8-16-10/h3-5,8-9H,6-7,14H2,1-2H3,(H,15,17). The molecule has 2 aromatic rings. The summed E-state index contributed by atoms with van der Waals surface area (Å²) in [5, 5.41) is 4.03. The number of pyridine rings is 1. The number of nitrogens with two attached hydrogens (primary N) is 1. The summed E-state index contributed by atoms with van der Waals surface area (Å²) in [5.74, 6) is 0.409. The lowest BCUT2D eigenvalue weighted by Crippen LogP contribution is -2.04. The van der Waals surface area contributed by atoms with Crippen LogP contribution in [0.3, 0.4) is 0 Å². The zero-order valence-corrected chi connectivity index (χ0v) is 11.5. The fourth-order valence-electron chi connectivity index (χ4n) is 1.84. The molecule has 96 valence electrons. The molecule has 4 nitrogen and oxygen atoms in total. The number of rotatable bonds is 5. The first-order chi connectivity index (χ1) is 8.76. The lowest BCUT2D eigenvalue weighted by atomic mass is 10.0. The van der Waals surface area contributed by atoms with Gasteiger partial charge < -0.3 is 11.1 Å². The molecule has 0 radical (unpaired) electrons. The quantitative estimate of drug-likeness (QED) is 0.869. The van der Waals surface area contributed by atoms with E-state index in [4.69, 9.17) is 5.73 Å². The van der Waals surface area contributed by atoms with Crippen LogP contribution in [0, 0.1) is 0 Å². The van der Waals surface area contributed by atoms with E-state index in [9.17, 15) is 0 Å². The molecule has 0 aliphatic heterocycles. The van der Waals surface area contributed by atoms with Crippen molar-refractivity contribution < 1.29 is 0 Å². The van der Waals surface area contributed by atoms with E-state index in [0.29, 0.717) is 12.5 Å². The zero-order valence-electron chi connectivity index (χ0n) is 10.7. The lowest BCUT2D eigenvalue weighted by molar-refractivity contribution is 0.701. The molecule has 2 heterocycles. The molecule has 18 heavy (non-hydrogen) atoms. The van der Waals surface area contributed by atoms with E-state index < -0.39 is 0 Å². The third kappa shape index (κ3) is 2.68. The highest BCUT2D eigenvalue weighted by atomic mass is 32.1. The second-order valence-electron chi connectivity index (χ2n) is 4.18. The van der Waals surface area contributed by atoms with Crippen LogP contribution in [-0.2, 0) is 0 Å². The Kier molecular flexibility index (Phi) is 4.28. The van der Waals surface area contributed by atoms with Crippen molar-refractivity contribution in [3.05, 3.63) is 29.3 Å². The van der Waals surface area contributed by atoms with Gasteiger partial charge in [0.05, 0.1) is 5.69 Å². The lowest BCUT2D eigenvalue weighted by Gasteiger charge is -2.09. The average molecular weight is 262 g/mol. The molecule has 3 N–H and O–H groups in total. The summed E-state index contributed by atoms with van der Waals surface area (Å²) in [6.45, 7) is 2.88. The van der Waals surface area contributed by atoms with E-state index in [1.165, 1.54) is 4.88 Å². The van der Waals surface area contributed by atoms with Gasteiger partial charge in [-0.25, -0.2) is 4.98 Å². The SMILES string of the molecule is CNc1nc(-c2ccccn2)c(C(C)CCN)s1. The molecular weight excluding hydrogens is 244 g/mol. The van der Waals surface area contributed by atoms with Crippen molar-refractivity contribution in [2.45, 2.75) is 19.3 Å². The van der Waals surface area contributed by atoms with Crippen molar-refractivity contribution in [3.63, 3.8) is 0 Å². The van der Waals surface area contributed by atoms with Gasteiger partial charge in [0, 0.05) is 18.1 Å². The van der Waals surface area contributed by atoms with Crippen molar-refractivity contribution >= 4 is 16.5 Å². The van der Waals surface area contributed by atoms with E-state index in [-0.39, 0.29) is 0 Å². The van der Waals surface area contributed by atoms with Gasteiger partial charge in [0.1, 0.15) is 5.69 Å². The summed E-state index contributed by atoms with van der Waals surface area (Å²) in [7, 11) is 1.89. The van der Waals surface area contributed by atoms with Gasteiger partial charge in [0.2, 0.25) is 0 Å². The third-order valence-corrected chi connectivity index (χ3v) is 4.13. The highest BCUT2D eigenvalue weighted by Gasteiger charge is 2.18. The van der Waals surface area contributed by atoms with Crippen LogP contribution in [0.15, 0.2) is 24.4 Å². The molecule has 2 rings (SSSR count). The minimum Gasteiger partial charge on any atom is -0.365 e. The molecule has 0 spiro atoms. The summed E-state index contributed by atoms with van der Waals surface area (Å²) in [6.07, 6.45) is 2.76. The maximum Gasteiger partial charge on any atom is 0.183 e. The van der Waals surface area contributed by atoms with Crippen molar-refractivity contribution in [2.75, 3.05) is 18.9 Å². The first kappa shape index (κ1) is 13.0. The van der Waals surface area contributed by atoms with Gasteiger partial charge >= 0.3 is 0 Å². The number of nitrogens with one attached hydrogen (secondary N) is 1. The molecule has 0 saturated carbocycles. The Morgan fingerprint density at radius 2 is 2.28 bits per heavy atom. The minimum absolute atomic E-state index is 0.409. The highest BCUT2D eigenvalue weighted by Crippen LogP contribution is 2.36. The topological polar surface area (TPSA) is 63.8 Å². The van der Waals surface area contributed by atoms with Crippen LogP contribution in [0.5, 0.6) is 0 Å². The van der Waals surface area contributed by atoms with E-state index >= 15 is 0 Å². The molecule has 5 heteroatoms. The van der Waals surface area contributed by atoms with Crippen molar-refractivity contribution in [2.24, 2.45) is 5.73 Å². The number of aromatic nitrogens is 2. The predicted molar refractivity (Wildman–Crippen MR) is 77.0 cm³/mol. The molecule has 1 atom stereocenters. The van der Waals surface area contributed by atoms with Crippen LogP contribution < -0.4 is 11.1 Å². The number of thiazole rings is 1.